The number of rotatable bonds is 8. The van der Waals surface area contributed by atoms with Crippen LogP contribution in [0.5, 0.6) is 0 Å². The number of aliphatic hydroxyl groups excluding tert-OH is 2. The average molecular weight is 376 g/mol. The third-order valence-corrected chi connectivity index (χ3v) is 5.24. The molecule has 0 aromatic heterocycles. The van der Waals surface area contributed by atoms with Gasteiger partial charge in [0.1, 0.15) is 0 Å². The van der Waals surface area contributed by atoms with Crippen LogP contribution in [-0.2, 0) is 19.1 Å². The summed E-state index contributed by atoms with van der Waals surface area (Å²) in [4.78, 5) is 25.2. The first-order valence-electron chi connectivity index (χ1n) is 9.29. The van der Waals surface area contributed by atoms with E-state index >= 15 is 0 Å². The van der Waals surface area contributed by atoms with Gasteiger partial charge in [-0.2, -0.15) is 0 Å². The summed E-state index contributed by atoms with van der Waals surface area (Å²) in [5.74, 6) is -2.45. The van der Waals surface area contributed by atoms with Crippen LogP contribution < -0.4 is 0 Å². The molecule has 0 radical (unpaired) electrons. The number of carbonyl (C=O) groups is 2. The molecule has 0 saturated heterocycles. The molecule has 6 heteroatoms. The van der Waals surface area contributed by atoms with Gasteiger partial charge in [-0.1, -0.05) is 36.4 Å². The van der Waals surface area contributed by atoms with Gasteiger partial charge >= 0.3 is 11.9 Å². The quantitative estimate of drug-likeness (QED) is 0.411. The molecule has 0 heterocycles. The minimum absolute atomic E-state index is 0.0341. The van der Waals surface area contributed by atoms with Gasteiger partial charge in [0.2, 0.25) is 0 Å². The maximum absolute atomic E-state index is 12.6. The van der Waals surface area contributed by atoms with Crippen molar-refractivity contribution in [2.75, 3.05) is 13.2 Å². The van der Waals surface area contributed by atoms with Crippen molar-refractivity contribution in [2.24, 2.45) is 17.3 Å². The summed E-state index contributed by atoms with van der Waals surface area (Å²) < 4.78 is 10.2. The van der Waals surface area contributed by atoms with Crippen molar-refractivity contribution in [3.05, 3.63) is 48.6 Å². The van der Waals surface area contributed by atoms with Crippen molar-refractivity contribution in [1.29, 1.82) is 0 Å². The third-order valence-electron chi connectivity index (χ3n) is 5.24. The van der Waals surface area contributed by atoms with Gasteiger partial charge in [0.05, 0.1) is 25.4 Å². The average Bonchev–Trinajstić information content (AvgIpc) is 3.02. The van der Waals surface area contributed by atoms with Crippen LogP contribution in [0.4, 0.5) is 0 Å². The van der Waals surface area contributed by atoms with E-state index in [2.05, 4.69) is 6.58 Å². The van der Waals surface area contributed by atoms with Gasteiger partial charge in [-0.15, -0.1) is 6.58 Å². The Bertz CT molecular complexity index is 638. The lowest BCUT2D eigenvalue weighted by molar-refractivity contribution is -0.172. The summed E-state index contributed by atoms with van der Waals surface area (Å²) in [5, 5.41) is 21.5. The Morgan fingerprint density at radius 1 is 1.19 bits per heavy atom. The van der Waals surface area contributed by atoms with E-state index < -0.39 is 41.4 Å². The predicted octanol–water partition coefficient (Wildman–Crippen LogP) is 2.41. The fourth-order valence-electron chi connectivity index (χ4n) is 3.89. The maximum atomic E-state index is 12.6. The lowest BCUT2D eigenvalue weighted by Gasteiger charge is -2.29. The number of benzene rings is 1. The smallest absolute Gasteiger partial charge is 0.323 e. The molecule has 4 atom stereocenters. The highest BCUT2D eigenvalue weighted by molar-refractivity contribution is 6.00. The van der Waals surface area contributed by atoms with Crippen LogP contribution in [0.15, 0.2) is 43.0 Å². The molecule has 1 saturated carbocycles. The van der Waals surface area contributed by atoms with Gasteiger partial charge < -0.3 is 19.7 Å². The zero-order chi connectivity index (χ0) is 20.0. The first-order chi connectivity index (χ1) is 12.9. The van der Waals surface area contributed by atoms with Gasteiger partial charge in [0.25, 0.3) is 0 Å². The van der Waals surface area contributed by atoms with Crippen LogP contribution in [0.25, 0.3) is 0 Å². The highest BCUT2D eigenvalue weighted by Gasteiger charge is 2.59. The number of ether oxygens (including phenoxy) is 2. The summed E-state index contributed by atoms with van der Waals surface area (Å²) in [5.41, 5.74) is -0.882. The van der Waals surface area contributed by atoms with E-state index in [0.717, 1.165) is 0 Å². The van der Waals surface area contributed by atoms with E-state index in [-0.39, 0.29) is 26.1 Å². The lowest BCUT2D eigenvalue weighted by Crippen LogP contribution is -2.40. The maximum Gasteiger partial charge on any atom is 0.323 e. The molecule has 0 amide bonds. The Morgan fingerprint density at radius 2 is 1.74 bits per heavy atom. The molecule has 2 N–H and O–H groups in total. The van der Waals surface area contributed by atoms with Crippen molar-refractivity contribution in [2.45, 2.75) is 38.9 Å². The van der Waals surface area contributed by atoms with Gasteiger partial charge in [0.15, 0.2) is 5.41 Å². The third kappa shape index (κ3) is 4.22. The van der Waals surface area contributed by atoms with Crippen LogP contribution in [-0.4, -0.2) is 41.5 Å². The number of hydrogen-bond donors (Lipinski definition) is 2. The van der Waals surface area contributed by atoms with Crippen molar-refractivity contribution in [3.63, 3.8) is 0 Å². The molecule has 0 bridgehead atoms. The molecule has 1 aliphatic carbocycles. The Balaban J connectivity index is 2.33. The summed E-state index contributed by atoms with van der Waals surface area (Å²) in [7, 11) is 0. The molecule has 0 unspecified atom stereocenters. The molecule has 2 rings (SSSR count). The summed E-state index contributed by atoms with van der Waals surface area (Å²) in [6, 6.07) is 9.03. The second-order valence-electron chi connectivity index (χ2n) is 6.83. The van der Waals surface area contributed by atoms with Gasteiger partial charge in [0, 0.05) is 12.3 Å². The molecular formula is C21H28O6. The standard InChI is InChI=1S/C21H28O6/c1-4-15(18(23)14-10-8-7-9-11-14)16-12-21(13-17(16)22,19(24)26-5-2)20(25)27-6-3/h4,7-11,15-18,22-23H,1,5-6,12-13H2,2-3H3/t15-,16-,17-,18-/m1/s1. The molecule has 0 spiro atoms. The molecule has 1 aliphatic rings. The zero-order valence-electron chi connectivity index (χ0n) is 15.8. The Labute approximate surface area is 159 Å². The largest absolute Gasteiger partial charge is 0.465 e. The number of hydrogen-bond acceptors (Lipinski definition) is 6. The monoisotopic (exact) mass is 376 g/mol. The van der Waals surface area contributed by atoms with E-state index in [1.165, 1.54) is 0 Å². The van der Waals surface area contributed by atoms with Crippen LogP contribution in [0.2, 0.25) is 0 Å². The SMILES string of the molecule is C=C[C@H]([C@H]1CC(C(=O)OCC)(C(=O)OCC)C[C@H]1O)[C@H](O)c1ccccc1. The highest BCUT2D eigenvalue weighted by atomic mass is 16.6. The molecule has 0 aliphatic heterocycles. The Morgan fingerprint density at radius 3 is 2.22 bits per heavy atom. The van der Waals surface area contributed by atoms with Crippen molar-refractivity contribution in [1.82, 2.24) is 0 Å². The van der Waals surface area contributed by atoms with Gasteiger partial charge in [-0.25, -0.2) is 0 Å². The van der Waals surface area contributed by atoms with Crippen molar-refractivity contribution < 1.29 is 29.3 Å². The van der Waals surface area contributed by atoms with E-state index in [0.29, 0.717) is 5.56 Å². The molecule has 148 valence electrons. The number of esters is 2. The van der Waals surface area contributed by atoms with E-state index in [9.17, 15) is 19.8 Å². The van der Waals surface area contributed by atoms with Crippen molar-refractivity contribution >= 4 is 11.9 Å². The lowest BCUT2D eigenvalue weighted by atomic mass is 9.79. The Hall–Kier alpha value is -2.18. The predicted molar refractivity (Wildman–Crippen MR) is 99.5 cm³/mol. The van der Waals surface area contributed by atoms with Gasteiger partial charge in [-0.3, -0.25) is 9.59 Å². The normalized spacial score (nSPS) is 23.3. The van der Waals surface area contributed by atoms with E-state index in [1.54, 1.807) is 32.1 Å². The van der Waals surface area contributed by atoms with Crippen LogP contribution in [0.1, 0.15) is 38.4 Å². The molecular weight excluding hydrogens is 348 g/mol. The molecule has 1 fully saturated rings. The molecule has 27 heavy (non-hydrogen) atoms. The highest BCUT2D eigenvalue weighted by Crippen LogP contribution is 2.49. The zero-order valence-corrected chi connectivity index (χ0v) is 15.8. The second kappa shape index (κ2) is 9.15. The fraction of sp³-hybridized carbons (Fsp3) is 0.524. The topological polar surface area (TPSA) is 93.1 Å². The van der Waals surface area contributed by atoms with E-state index in [1.807, 2.05) is 18.2 Å². The number of aliphatic hydroxyl groups is 2. The van der Waals surface area contributed by atoms with Gasteiger partial charge in [-0.05, 0) is 31.7 Å². The fourth-order valence-corrected chi connectivity index (χ4v) is 3.89. The van der Waals surface area contributed by atoms with Crippen LogP contribution in [0, 0.1) is 17.3 Å². The summed E-state index contributed by atoms with van der Waals surface area (Å²) in [6.07, 6.45) is -0.380. The summed E-state index contributed by atoms with van der Waals surface area (Å²) in [6.45, 7) is 7.36. The minimum atomic E-state index is -1.56. The van der Waals surface area contributed by atoms with Crippen LogP contribution in [0.3, 0.4) is 0 Å². The van der Waals surface area contributed by atoms with Crippen LogP contribution >= 0.6 is 0 Å². The number of carbonyl (C=O) groups excluding carboxylic acids is 2. The molecule has 1 aromatic carbocycles. The Kier molecular flexibility index (Phi) is 7.16. The second-order valence-corrected chi connectivity index (χ2v) is 6.83. The summed E-state index contributed by atoms with van der Waals surface area (Å²) >= 11 is 0. The first kappa shape index (κ1) is 21.1. The minimum Gasteiger partial charge on any atom is -0.465 e. The first-order valence-corrected chi connectivity index (χ1v) is 9.29. The molecule has 1 aromatic rings. The van der Waals surface area contributed by atoms with E-state index in [4.69, 9.17) is 9.47 Å². The van der Waals surface area contributed by atoms with Crippen molar-refractivity contribution in [3.8, 4) is 0 Å². The molecule has 6 nitrogen and oxygen atoms in total.